The Morgan fingerprint density at radius 3 is 2.53 bits per heavy atom. The first-order chi connectivity index (χ1) is 20.6. The molecule has 1 saturated carbocycles. The fourth-order valence-corrected chi connectivity index (χ4v) is 7.54. The van der Waals surface area contributed by atoms with Crippen molar-refractivity contribution in [1.29, 1.82) is 0 Å². The van der Waals surface area contributed by atoms with Crippen LogP contribution in [-0.2, 0) is 6.54 Å². The molecule has 3 fully saturated rings. The van der Waals surface area contributed by atoms with Crippen molar-refractivity contribution < 1.29 is 27.9 Å². The average molecular weight is 598 g/mol. The molecule has 2 saturated heterocycles. The van der Waals surface area contributed by atoms with Crippen LogP contribution in [0.3, 0.4) is 0 Å². The van der Waals surface area contributed by atoms with Gasteiger partial charge in [0.05, 0.1) is 23.3 Å². The third-order valence-corrected chi connectivity index (χ3v) is 9.69. The van der Waals surface area contributed by atoms with Crippen LogP contribution < -0.4 is 10.9 Å². The first kappa shape index (κ1) is 29.0. The zero-order chi connectivity index (χ0) is 30.3. The molecule has 3 amide bonds. The number of hydrogen-bond donors (Lipinski definition) is 2. The van der Waals surface area contributed by atoms with Crippen LogP contribution in [0.25, 0.3) is 10.9 Å². The van der Waals surface area contributed by atoms with E-state index in [4.69, 9.17) is 0 Å². The van der Waals surface area contributed by atoms with Crippen LogP contribution in [-0.4, -0.2) is 62.3 Å². The van der Waals surface area contributed by atoms with Gasteiger partial charge in [-0.3, -0.25) is 9.36 Å². The predicted octanol–water partition coefficient (Wildman–Crippen LogP) is 5.29. The molecule has 0 bridgehead atoms. The molecule has 1 aliphatic carbocycles. The molecular formula is C31H34F3N5O4. The molecule has 0 radical (unpaired) electrons. The first-order valence-electron chi connectivity index (χ1n) is 14.8. The number of rotatable bonds is 4. The molecule has 3 aromatic rings. The van der Waals surface area contributed by atoms with Crippen LogP contribution >= 0.6 is 0 Å². The summed E-state index contributed by atoms with van der Waals surface area (Å²) in [6, 6.07) is 5.46. The number of benzene rings is 2. The number of nitrogens with zero attached hydrogens (tertiary/aromatic N) is 4. The molecule has 3 heterocycles. The highest BCUT2D eigenvalue weighted by Crippen LogP contribution is 2.49. The minimum atomic E-state index is -1.21. The Morgan fingerprint density at radius 2 is 1.77 bits per heavy atom. The summed E-state index contributed by atoms with van der Waals surface area (Å²) < 4.78 is 44.6. The van der Waals surface area contributed by atoms with Crippen LogP contribution in [0.5, 0.6) is 0 Å². The number of piperidine rings is 2. The number of nitrogens with one attached hydrogen (secondary N) is 1. The Morgan fingerprint density at radius 1 is 1.02 bits per heavy atom. The number of carbonyl (C=O) groups excluding carboxylic acids is 1. The highest BCUT2D eigenvalue weighted by molar-refractivity contribution is 5.77. The molecule has 2 N–H and O–H groups in total. The third-order valence-electron chi connectivity index (χ3n) is 9.69. The van der Waals surface area contributed by atoms with Crippen LogP contribution in [0.15, 0.2) is 47.5 Å². The molecule has 228 valence electrons. The largest absolute Gasteiger partial charge is 0.465 e. The van der Waals surface area contributed by atoms with Crippen molar-refractivity contribution in [3.05, 3.63) is 76.1 Å². The van der Waals surface area contributed by atoms with E-state index in [2.05, 4.69) is 10.3 Å². The summed E-state index contributed by atoms with van der Waals surface area (Å²) in [5.41, 5.74) is -0.0675. The Labute approximate surface area is 246 Å². The fourth-order valence-electron chi connectivity index (χ4n) is 7.54. The summed E-state index contributed by atoms with van der Waals surface area (Å²) in [7, 11) is 0. The SMILES string of the molecule is O=C(O)N[C@@H]1CCN(C(=O)N2CC[C@@H](Cn3cnc4ccc(F)cc4c3=O)C3(CCCC3)C2)[C@H](c2cc(F)ccc2F)C1. The van der Waals surface area contributed by atoms with E-state index in [0.29, 0.717) is 38.0 Å². The lowest BCUT2D eigenvalue weighted by atomic mass is 9.69. The maximum atomic E-state index is 15.0. The molecule has 1 spiro atoms. The smallest absolute Gasteiger partial charge is 0.404 e. The van der Waals surface area contributed by atoms with Gasteiger partial charge in [-0.05, 0) is 79.8 Å². The number of fused-ring (bicyclic) bond motifs is 1. The second kappa shape index (κ2) is 11.5. The lowest BCUT2D eigenvalue weighted by Crippen LogP contribution is -2.57. The Balaban J connectivity index is 1.25. The third kappa shape index (κ3) is 5.66. The van der Waals surface area contributed by atoms with Crippen molar-refractivity contribution >= 4 is 23.0 Å². The van der Waals surface area contributed by atoms with Gasteiger partial charge in [0.25, 0.3) is 5.56 Å². The zero-order valence-corrected chi connectivity index (χ0v) is 23.6. The summed E-state index contributed by atoms with van der Waals surface area (Å²) in [6.07, 6.45) is 5.18. The molecule has 9 nitrogen and oxygen atoms in total. The van der Waals surface area contributed by atoms with Crippen LogP contribution in [0.1, 0.15) is 56.6 Å². The average Bonchev–Trinajstić information content (AvgIpc) is 3.45. The summed E-state index contributed by atoms with van der Waals surface area (Å²) in [6.45, 7) is 1.48. The predicted molar refractivity (Wildman–Crippen MR) is 152 cm³/mol. The summed E-state index contributed by atoms with van der Waals surface area (Å²) >= 11 is 0. The van der Waals surface area contributed by atoms with Crippen molar-refractivity contribution in [2.45, 2.75) is 63.6 Å². The number of carbonyl (C=O) groups is 2. The van der Waals surface area contributed by atoms with Crippen molar-refractivity contribution in [1.82, 2.24) is 24.7 Å². The van der Waals surface area contributed by atoms with E-state index in [1.165, 1.54) is 24.5 Å². The number of urea groups is 1. The molecule has 43 heavy (non-hydrogen) atoms. The van der Waals surface area contributed by atoms with Crippen molar-refractivity contribution in [3.63, 3.8) is 0 Å². The molecular weight excluding hydrogens is 563 g/mol. The van der Waals surface area contributed by atoms with E-state index in [1.54, 1.807) is 14.4 Å². The van der Waals surface area contributed by atoms with Crippen LogP contribution in [0.4, 0.5) is 22.8 Å². The molecule has 2 aliphatic heterocycles. The van der Waals surface area contributed by atoms with Gasteiger partial charge in [0.15, 0.2) is 0 Å². The Hall–Kier alpha value is -4.09. The number of halogens is 3. The van der Waals surface area contributed by atoms with Gasteiger partial charge in [0.1, 0.15) is 17.5 Å². The van der Waals surface area contributed by atoms with Crippen molar-refractivity contribution in [2.24, 2.45) is 11.3 Å². The normalized spacial score (nSPS) is 23.6. The molecule has 0 unspecified atom stereocenters. The van der Waals surface area contributed by atoms with E-state index < -0.39 is 35.6 Å². The molecule has 2 aromatic carbocycles. The molecule has 6 rings (SSSR count). The summed E-state index contributed by atoms with van der Waals surface area (Å²) in [5.74, 6) is -1.70. The lowest BCUT2D eigenvalue weighted by Gasteiger charge is -2.49. The number of hydrogen-bond acceptors (Lipinski definition) is 4. The topological polar surface area (TPSA) is 108 Å². The minimum Gasteiger partial charge on any atom is -0.465 e. The second-order valence-corrected chi connectivity index (χ2v) is 12.2. The van der Waals surface area contributed by atoms with Crippen LogP contribution in [0, 0.1) is 28.8 Å². The maximum Gasteiger partial charge on any atom is 0.404 e. The number of amides is 3. The van der Waals surface area contributed by atoms with Gasteiger partial charge in [-0.15, -0.1) is 0 Å². The molecule has 3 aliphatic rings. The number of likely N-dealkylation sites (tertiary alicyclic amines) is 2. The van der Waals surface area contributed by atoms with Gasteiger partial charge < -0.3 is 20.2 Å². The number of carboxylic acid groups (broad SMARTS) is 1. The quantitative estimate of drug-likeness (QED) is 0.425. The maximum absolute atomic E-state index is 15.0. The monoisotopic (exact) mass is 597 g/mol. The highest BCUT2D eigenvalue weighted by Gasteiger charge is 2.48. The Bertz CT molecular complexity index is 1610. The summed E-state index contributed by atoms with van der Waals surface area (Å²) in [5, 5.41) is 11.9. The van der Waals surface area contributed by atoms with E-state index in [9.17, 15) is 32.7 Å². The van der Waals surface area contributed by atoms with Gasteiger partial charge in [-0.25, -0.2) is 27.7 Å². The van der Waals surface area contributed by atoms with E-state index in [-0.39, 0.29) is 46.8 Å². The second-order valence-electron chi connectivity index (χ2n) is 12.2. The van der Waals surface area contributed by atoms with Crippen LogP contribution in [0.2, 0.25) is 0 Å². The van der Waals surface area contributed by atoms with Gasteiger partial charge in [0.2, 0.25) is 0 Å². The minimum absolute atomic E-state index is 0.0234. The van der Waals surface area contributed by atoms with Gasteiger partial charge in [-0.2, -0.15) is 0 Å². The summed E-state index contributed by atoms with van der Waals surface area (Å²) in [4.78, 5) is 46.4. The van der Waals surface area contributed by atoms with Crippen molar-refractivity contribution in [3.8, 4) is 0 Å². The van der Waals surface area contributed by atoms with E-state index in [1.807, 2.05) is 0 Å². The van der Waals surface area contributed by atoms with Gasteiger partial charge in [0, 0.05) is 37.8 Å². The number of aromatic nitrogens is 2. The molecule has 1 aromatic heterocycles. The Kier molecular flexibility index (Phi) is 7.78. The van der Waals surface area contributed by atoms with E-state index in [0.717, 1.165) is 43.9 Å². The lowest BCUT2D eigenvalue weighted by molar-refractivity contribution is 0.0205. The molecule has 12 heteroatoms. The van der Waals surface area contributed by atoms with Crippen molar-refractivity contribution in [2.75, 3.05) is 19.6 Å². The van der Waals surface area contributed by atoms with Gasteiger partial charge >= 0.3 is 12.1 Å². The van der Waals surface area contributed by atoms with Gasteiger partial charge in [-0.1, -0.05) is 12.8 Å². The van der Waals surface area contributed by atoms with E-state index >= 15 is 0 Å². The standard InChI is InChI=1S/C31H34F3N5O4/c32-20-3-5-25(34)23(13-20)27-15-22(36-29(41)42)8-12-39(27)30(43)37-11-7-19(31(17-37)9-1-2-10-31)16-38-18-35-26-6-4-21(33)14-24(26)28(38)40/h3-6,13-14,18-19,22,27,36H,1-2,7-12,15-17H2,(H,41,42)/t19-,22+,27-/m0/s1. The molecule has 3 atom stereocenters. The zero-order valence-electron chi connectivity index (χ0n) is 23.6. The first-order valence-corrected chi connectivity index (χ1v) is 14.8. The fraction of sp³-hybridized carbons (Fsp3) is 0.484. The highest BCUT2D eigenvalue weighted by atomic mass is 19.1.